The fourth-order valence-corrected chi connectivity index (χ4v) is 3.70. The minimum absolute atomic E-state index is 0.176. The minimum Gasteiger partial charge on any atom is -0.357 e. The first-order chi connectivity index (χ1) is 13.5. The van der Waals surface area contributed by atoms with Gasteiger partial charge in [0.25, 0.3) is 0 Å². The van der Waals surface area contributed by atoms with Gasteiger partial charge in [0.1, 0.15) is 10.8 Å². The molecular weight excluding hydrogens is 389 g/mol. The molecule has 0 bridgehead atoms. The summed E-state index contributed by atoms with van der Waals surface area (Å²) >= 11 is 0.971. The molecule has 0 aromatic carbocycles. The molecule has 1 saturated heterocycles. The molecular formula is C18H23F3N6S. The van der Waals surface area contributed by atoms with E-state index in [4.69, 9.17) is 0 Å². The van der Waals surface area contributed by atoms with E-state index in [2.05, 4.69) is 36.6 Å². The number of aromatic nitrogens is 2. The second-order valence-corrected chi connectivity index (χ2v) is 7.42. The maximum Gasteiger partial charge on any atom is 0.434 e. The van der Waals surface area contributed by atoms with E-state index in [1.807, 2.05) is 6.07 Å². The van der Waals surface area contributed by atoms with E-state index in [0.29, 0.717) is 17.5 Å². The number of hydrogen-bond donors (Lipinski definition) is 2. The third kappa shape index (κ3) is 5.57. The van der Waals surface area contributed by atoms with Crippen LogP contribution in [0.4, 0.5) is 19.0 Å². The first kappa shape index (κ1) is 20.4. The second-order valence-electron chi connectivity index (χ2n) is 6.47. The summed E-state index contributed by atoms with van der Waals surface area (Å²) in [6.07, 6.45) is 1.03. The topological polar surface area (TPSA) is 65.4 Å². The average Bonchev–Trinajstić information content (AvgIpc) is 3.19. The summed E-state index contributed by atoms with van der Waals surface area (Å²) in [5, 5.41) is 7.54. The number of anilines is 1. The smallest absolute Gasteiger partial charge is 0.357 e. The highest BCUT2D eigenvalue weighted by Gasteiger charge is 2.33. The van der Waals surface area contributed by atoms with Crippen molar-refractivity contribution in [3.8, 4) is 0 Å². The van der Waals surface area contributed by atoms with Gasteiger partial charge in [-0.25, -0.2) is 9.97 Å². The maximum absolute atomic E-state index is 12.6. The number of hydrogen-bond acceptors (Lipinski definition) is 5. The van der Waals surface area contributed by atoms with Crippen molar-refractivity contribution in [3.63, 3.8) is 0 Å². The maximum atomic E-state index is 12.6. The lowest BCUT2D eigenvalue weighted by Crippen LogP contribution is -2.36. The molecule has 6 nitrogen and oxygen atoms in total. The van der Waals surface area contributed by atoms with Gasteiger partial charge < -0.3 is 15.5 Å². The summed E-state index contributed by atoms with van der Waals surface area (Å²) in [4.78, 5) is 14.5. The molecule has 1 fully saturated rings. The number of aliphatic imine (C=N–C) groups is 1. The molecule has 3 heterocycles. The molecule has 2 N–H and O–H groups in total. The fourth-order valence-electron chi connectivity index (χ4n) is 2.95. The summed E-state index contributed by atoms with van der Waals surface area (Å²) in [5.74, 6) is 1.48. The van der Waals surface area contributed by atoms with Gasteiger partial charge in [0, 0.05) is 38.3 Å². The summed E-state index contributed by atoms with van der Waals surface area (Å²) in [7, 11) is 1.62. The molecule has 0 unspecified atom stereocenters. The van der Waals surface area contributed by atoms with Crippen LogP contribution in [0, 0.1) is 0 Å². The van der Waals surface area contributed by atoms with Crippen LogP contribution in [0.25, 0.3) is 0 Å². The lowest BCUT2D eigenvalue weighted by Gasteiger charge is -2.28. The zero-order valence-electron chi connectivity index (χ0n) is 15.6. The van der Waals surface area contributed by atoms with Gasteiger partial charge in [0.05, 0.1) is 6.54 Å². The summed E-state index contributed by atoms with van der Waals surface area (Å²) in [5.41, 5.74) is 0.200. The molecule has 0 radical (unpaired) electrons. The van der Waals surface area contributed by atoms with Crippen molar-refractivity contribution in [1.29, 1.82) is 0 Å². The molecule has 152 valence electrons. The van der Waals surface area contributed by atoms with E-state index in [9.17, 15) is 13.2 Å². The van der Waals surface area contributed by atoms with Gasteiger partial charge >= 0.3 is 6.18 Å². The fraction of sp³-hybridized carbons (Fsp3) is 0.500. The molecule has 0 saturated carbocycles. The molecule has 2 aromatic rings. The van der Waals surface area contributed by atoms with Crippen molar-refractivity contribution in [2.24, 2.45) is 4.99 Å². The first-order valence-corrected chi connectivity index (χ1v) is 9.99. The summed E-state index contributed by atoms with van der Waals surface area (Å²) < 4.78 is 37.9. The van der Waals surface area contributed by atoms with Crippen LogP contribution in [0.5, 0.6) is 0 Å². The lowest BCUT2D eigenvalue weighted by atomic mass is 10.1. The van der Waals surface area contributed by atoms with Crippen molar-refractivity contribution < 1.29 is 13.2 Å². The van der Waals surface area contributed by atoms with Crippen LogP contribution in [0.1, 0.15) is 35.5 Å². The number of halogens is 3. The van der Waals surface area contributed by atoms with Crippen LogP contribution in [0.15, 0.2) is 28.7 Å². The number of rotatable bonds is 5. The van der Waals surface area contributed by atoms with Gasteiger partial charge in [-0.05, 0) is 37.0 Å². The Morgan fingerprint density at radius 3 is 2.64 bits per heavy atom. The summed E-state index contributed by atoms with van der Waals surface area (Å²) in [6.45, 7) is 2.77. The zero-order chi connectivity index (χ0) is 20.0. The van der Waals surface area contributed by atoms with Gasteiger partial charge in [-0.3, -0.25) is 4.99 Å². The first-order valence-electron chi connectivity index (χ1n) is 9.11. The van der Waals surface area contributed by atoms with Crippen LogP contribution in [-0.2, 0) is 19.3 Å². The van der Waals surface area contributed by atoms with Crippen molar-refractivity contribution in [2.45, 2.75) is 38.5 Å². The number of nitrogens with zero attached hydrogens (tertiary/aromatic N) is 4. The van der Waals surface area contributed by atoms with Gasteiger partial charge in [0.15, 0.2) is 11.7 Å². The Kier molecular flexibility index (Phi) is 6.71. The molecule has 1 aliphatic rings. The van der Waals surface area contributed by atoms with E-state index in [0.717, 1.165) is 41.2 Å². The van der Waals surface area contributed by atoms with Crippen LogP contribution < -0.4 is 15.5 Å². The van der Waals surface area contributed by atoms with Crippen molar-refractivity contribution in [2.75, 3.05) is 25.0 Å². The highest BCUT2D eigenvalue weighted by Crippen LogP contribution is 2.29. The normalized spacial score (nSPS) is 15.6. The molecule has 0 atom stereocenters. The average molecular weight is 412 g/mol. The molecule has 28 heavy (non-hydrogen) atoms. The molecule has 10 heteroatoms. The van der Waals surface area contributed by atoms with E-state index >= 15 is 0 Å². The largest absolute Gasteiger partial charge is 0.434 e. The highest BCUT2D eigenvalue weighted by molar-refractivity contribution is 7.09. The Morgan fingerprint density at radius 1 is 1.21 bits per heavy atom. The number of alkyl halides is 3. The molecule has 2 aromatic heterocycles. The molecule has 0 amide bonds. The number of nitrogens with one attached hydrogen (secondary N) is 2. The Morgan fingerprint density at radius 2 is 1.96 bits per heavy atom. The molecule has 3 rings (SSSR count). The van der Waals surface area contributed by atoms with E-state index < -0.39 is 11.9 Å². The summed E-state index contributed by atoms with van der Waals surface area (Å²) in [6, 6.07) is 3.99. The SMILES string of the molecule is CN=C(NCc1ccnc(N2CCCCC2)c1)NCc1nc(C(F)(F)F)cs1. The van der Waals surface area contributed by atoms with E-state index in [-0.39, 0.29) is 6.54 Å². The zero-order valence-corrected chi connectivity index (χ0v) is 16.4. The third-order valence-corrected chi connectivity index (χ3v) is 5.27. The third-order valence-electron chi connectivity index (χ3n) is 4.42. The van der Waals surface area contributed by atoms with Crippen LogP contribution in [0.2, 0.25) is 0 Å². The molecule has 0 spiro atoms. The monoisotopic (exact) mass is 412 g/mol. The standard InChI is InChI=1S/C18H23F3N6S/c1-22-17(25-11-16-26-14(12-28-16)18(19,20)21)24-10-13-5-6-23-15(9-13)27-7-3-2-4-8-27/h5-6,9,12H,2-4,7-8,10-11H2,1H3,(H2,22,24,25). The van der Waals surface area contributed by atoms with Crippen molar-refractivity contribution in [3.05, 3.63) is 40.0 Å². The molecule has 1 aliphatic heterocycles. The molecule has 0 aliphatic carbocycles. The van der Waals surface area contributed by atoms with Gasteiger partial charge in [-0.1, -0.05) is 0 Å². The minimum atomic E-state index is -4.41. The Bertz CT molecular complexity index is 799. The van der Waals surface area contributed by atoms with Crippen molar-refractivity contribution in [1.82, 2.24) is 20.6 Å². The van der Waals surface area contributed by atoms with Crippen LogP contribution in [-0.4, -0.2) is 36.1 Å². The van der Waals surface area contributed by atoms with Crippen LogP contribution >= 0.6 is 11.3 Å². The number of piperidine rings is 1. The van der Waals surface area contributed by atoms with Gasteiger partial charge in [0.2, 0.25) is 0 Å². The highest BCUT2D eigenvalue weighted by atomic mass is 32.1. The van der Waals surface area contributed by atoms with Crippen molar-refractivity contribution >= 4 is 23.1 Å². The second kappa shape index (κ2) is 9.22. The number of pyridine rings is 1. The quantitative estimate of drug-likeness (QED) is 0.582. The van der Waals surface area contributed by atoms with Gasteiger partial charge in [-0.2, -0.15) is 13.2 Å². The Balaban J connectivity index is 1.52. The lowest BCUT2D eigenvalue weighted by molar-refractivity contribution is -0.140. The number of guanidine groups is 1. The predicted molar refractivity (Wildman–Crippen MR) is 104 cm³/mol. The predicted octanol–water partition coefficient (Wildman–Crippen LogP) is 3.41. The van der Waals surface area contributed by atoms with Crippen LogP contribution in [0.3, 0.4) is 0 Å². The number of thiazole rings is 1. The van der Waals surface area contributed by atoms with E-state index in [1.165, 1.54) is 19.3 Å². The van der Waals surface area contributed by atoms with Gasteiger partial charge in [-0.15, -0.1) is 11.3 Å². The van der Waals surface area contributed by atoms with E-state index in [1.54, 1.807) is 13.2 Å². The Hall–Kier alpha value is -2.36. The Labute approximate surface area is 165 Å².